The van der Waals surface area contributed by atoms with Crippen molar-refractivity contribution in [2.24, 2.45) is 5.73 Å². The number of carbonyl (C=O) groups is 1. The molecule has 3 nitrogen and oxygen atoms in total. The number of rotatable bonds is 6. The zero-order valence-electron chi connectivity index (χ0n) is 11.8. The third-order valence-electron chi connectivity index (χ3n) is 3.34. The second-order valence-electron chi connectivity index (χ2n) is 4.88. The first-order valence-corrected chi connectivity index (χ1v) is 7.35. The van der Waals surface area contributed by atoms with Crippen LogP contribution in [0.3, 0.4) is 0 Å². The fourth-order valence-electron chi connectivity index (χ4n) is 2.16. The monoisotopic (exact) mass is 302 g/mol. The molecule has 0 aromatic heterocycles. The lowest BCUT2D eigenvalue weighted by Gasteiger charge is -2.08. The molecule has 2 aromatic carbocycles. The van der Waals surface area contributed by atoms with Crippen molar-refractivity contribution in [3.05, 3.63) is 70.2 Å². The Morgan fingerprint density at radius 2 is 1.71 bits per heavy atom. The highest BCUT2D eigenvalue weighted by molar-refractivity contribution is 6.30. The second-order valence-corrected chi connectivity index (χ2v) is 5.31. The molecular weight excluding hydrogens is 284 g/mol. The average molecular weight is 303 g/mol. The molecule has 1 amide bonds. The molecule has 0 radical (unpaired) electrons. The number of halogens is 1. The molecule has 0 saturated heterocycles. The maximum atomic E-state index is 12.0. The number of hydrogen-bond acceptors (Lipinski definition) is 2. The zero-order valence-corrected chi connectivity index (χ0v) is 12.6. The van der Waals surface area contributed by atoms with E-state index in [9.17, 15) is 4.79 Å². The first kappa shape index (κ1) is 15.5. The highest BCUT2D eigenvalue weighted by Gasteiger charge is 2.06. The number of nitrogens with one attached hydrogen (secondary N) is 1. The molecule has 3 N–H and O–H groups in total. The molecule has 0 aliphatic heterocycles. The van der Waals surface area contributed by atoms with Crippen LogP contribution in [0.15, 0.2) is 48.5 Å². The maximum Gasteiger partial charge on any atom is 0.224 e. The van der Waals surface area contributed by atoms with E-state index in [1.54, 1.807) is 0 Å². The van der Waals surface area contributed by atoms with Gasteiger partial charge < -0.3 is 11.1 Å². The van der Waals surface area contributed by atoms with Crippen molar-refractivity contribution in [1.29, 1.82) is 0 Å². The van der Waals surface area contributed by atoms with Gasteiger partial charge >= 0.3 is 0 Å². The summed E-state index contributed by atoms with van der Waals surface area (Å²) in [5.41, 5.74) is 8.84. The maximum absolute atomic E-state index is 12.0. The Kier molecular flexibility index (Phi) is 5.78. The smallest absolute Gasteiger partial charge is 0.224 e. The fourth-order valence-corrected chi connectivity index (χ4v) is 2.29. The van der Waals surface area contributed by atoms with Gasteiger partial charge in [-0.15, -0.1) is 0 Å². The zero-order chi connectivity index (χ0) is 15.1. The van der Waals surface area contributed by atoms with Crippen LogP contribution in [0.5, 0.6) is 0 Å². The predicted molar refractivity (Wildman–Crippen MR) is 86.2 cm³/mol. The molecule has 2 aromatic rings. The molecule has 0 saturated carbocycles. The van der Waals surface area contributed by atoms with Crippen LogP contribution in [0.25, 0.3) is 0 Å². The first-order chi connectivity index (χ1) is 10.2. The van der Waals surface area contributed by atoms with Crippen molar-refractivity contribution in [3.8, 4) is 0 Å². The first-order valence-electron chi connectivity index (χ1n) is 6.97. The normalized spacial score (nSPS) is 10.4. The van der Waals surface area contributed by atoms with Gasteiger partial charge in [0.1, 0.15) is 0 Å². The van der Waals surface area contributed by atoms with Gasteiger partial charge in [0.25, 0.3) is 0 Å². The minimum Gasteiger partial charge on any atom is -0.355 e. The summed E-state index contributed by atoms with van der Waals surface area (Å²) in [4.78, 5) is 12.0. The molecule has 0 spiro atoms. The van der Waals surface area contributed by atoms with Crippen molar-refractivity contribution in [3.63, 3.8) is 0 Å². The Hall–Kier alpha value is -1.84. The van der Waals surface area contributed by atoms with Gasteiger partial charge in [0.05, 0.1) is 6.42 Å². The van der Waals surface area contributed by atoms with Crippen LogP contribution in [0.4, 0.5) is 0 Å². The molecule has 0 heterocycles. The van der Waals surface area contributed by atoms with Crippen LogP contribution >= 0.6 is 11.6 Å². The SMILES string of the molecule is NCc1ccccc1CC(=O)NCCc1ccc(Cl)cc1. The Bertz CT molecular complexity index is 596. The molecule has 0 bridgehead atoms. The van der Waals surface area contributed by atoms with E-state index in [-0.39, 0.29) is 5.91 Å². The van der Waals surface area contributed by atoms with Crippen molar-refractivity contribution in [2.45, 2.75) is 19.4 Å². The van der Waals surface area contributed by atoms with E-state index in [0.29, 0.717) is 19.5 Å². The topological polar surface area (TPSA) is 55.1 Å². The molecule has 21 heavy (non-hydrogen) atoms. The summed E-state index contributed by atoms with van der Waals surface area (Å²) in [6, 6.07) is 15.4. The van der Waals surface area contributed by atoms with E-state index in [0.717, 1.165) is 28.1 Å². The van der Waals surface area contributed by atoms with E-state index in [1.165, 1.54) is 0 Å². The van der Waals surface area contributed by atoms with Crippen molar-refractivity contribution < 1.29 is 4.79 Å². The largest absolute Gasteiger partial charge is 0.355 e. The van der Waals surface area contributed by atoms with Gasteiger partial charge in [-0.05, 0) is 35.2 Å². The lowest BCUT2D eigenvalue weighted by Crippen LogP contribution is -2.27. The molecule has 110 valence electrons. The number of benzene rings is 2. The van der Waals surface area contributed by atoms with Crippen LogP contribution in [0, 0.1) is 0 Å². The van der Waals surface area contributed by atoms with E-state index in [4.69, 9.17) is 17.3 Å². The Morgan fingerprint density at radius 3 is 2.38 bits per heavy atom. The van der Waals surface area contributed by atoms with Crippen molar-refractivity contribution >= 4 is 17.5 Å². The van der Waals surface area contributed by atoms with Gasteiger partial charge in [-0.1, -0.05) is 48.0 Å². The van der Waals surface area contributed by atoms with Crippen molar-refractivity contribution in [1.82, 2.24) is 5.32 Å². The Morgan fingerprint density at radius 1 is 1.05 bits per heavy atom. The summed E-state index contributed by atoms with van der Waals surface area (Å²) < 4.78 is 0. The summed E-state index contributed by atoms with van der Waals surface area (Å²) >= 11 is 5.84. The van der Waals surface area contributed by atoms with E-state index >= 15 is 0 Å². The molecule has 0 unspecified atom stereocenters. The van der Waals surface area contributed by atoms with Gasteiger partial charge in [-0.3, -0.25) is 4.79 Å². The highest BCUT2D eigenvalue weighted by atomic mass is 35.5. The highest BCUT2D eigenvalue weighted by Crippen LogP contribution is 2.10. The van der Waals surface area contributed by atoms with Crippen LogP contribution in [0.2, 0.25) is 5.02 Å². The summed E-state index contributed by atoms with van der Waals surface area (Å²) in [6.07, 6.45) is 1.16. The number of nitrogens with two attached hydrogens (primary N) is 1. The van der Waals surface area contributed by atoms with E-state index < -0.39 is 0 Å². The fraction of sp³-hybridized carbons (Fsp3) is 0.235. The lowest BCUT2D eigenvalue weighted by molar-refractivity contribution is -0.120. The van der Waals surface area contributed by atoms with E-state index in [2.05, 4.69) is 5.32 Å². The number of carbonyl (C=O) groups excluding carboxylic acids is 1. The van der Waals surface area contributed by atoms with Crippen molar-refractivity contribution in [2.75, 3.05) is 6.54 Å². The average Bonchev–Trinajstić information content (AvgIpc) is 2.50. The second kappa shape index (κ2) is 7.81. The standard InChI is InChI=1S/C17H19ClN2O/c18-16-7-5-13(6-8-16)9-10-20-17(21)11-14-3-1-2-4-15(14)12-19/h1-8H,9-12,19H2,(H,20,21). The lowest BCUT2D eigenvalue weighted by atomic mass is 10.0. The minimum atomic E-state index is 0.0184. The molecule has 4 heteroatoms. The summed E-state index contributed by atoms with van der Waals surface area (Å²) in [7, 11) is 0. The Balaban J connectivity index is 1.81. The van der Waals surface area contributed by atoms with Crippen LogP contribution < -0.4 is 11.1 Å². The summed E-state index contributed by atoms with van der Waals surface area (Å²) in [5, 5.41) is 3.66. The molecule has 0 atom stereocenters. The minimum absolute atomic E-state index is 0.0184. The molecule has 0 fully saturated rings. The summed E-state index contributed by atoms with van der Waals surface area (Å²) in [6.45, 7) is 1.07. The molecule has 0 aliphatic carbocycles. The summed E-state index contributed by atoms with van der Waals surface area (Å²) in [5.74, 6) is 0.0184. The molecule has 2 rings (SSSR count). The van der Waals surface area contributed by atoms with Gasteiger partial charge in [-0.2, -0.15) is 0 Å². The van der Waals surface area contributed by atoms with Gasteiger partial charge in [0, 0.05) is 18.1 Å². The van der Waals surface area contributed by atoms with Crippen LogP contribution in [-0.2, 0) is 24.2 Å². The van der Waals surface area contributed by atoms with Gasteiger partial charge in [0.2, 0.25) is 5.91 Å². The predicted octanol–water partition coefficient (Wildman–Crippen LogP) is 2.70. The number of amides is 1. The van der Waals surface area contributed by atoms with Crippen LogP contribution in [-0.4, -0.2) is 12.5 Å². The van der Waals surface area contributed by atoms with Gasteiger partial charge in [-0.25, -0.2) is 0 Å². The third-order valence-corrected chi connectivity index (χ3v) is 3.59. The quantitative estimate of drug-likeness (QED) is 0.862. The molecule has 0 aliphatic rings. The Labute approximate surface area is 130 Å². The van der Waals surface area contributed by atoms with Crippen LogP contribution in [0.1, 0.15) is 16.7 Å². The molecular formula is C17H19ClN2O. The third kappa shape index (κ3) is 4.88. The van der Waals surface area contributed by atoms with E-state index in [1.807, 2.05) is 48.5 Å². The number of hydrogen-bond donors (Lipinski definition) is 2. The van der Waals surface area contributed by atoms with Gasteiger partial charge in [0.15, 0.2) is 0 Å².